The molecule has 0 bridgehead atoms. The molecule has 29 heavy (non-hydrogen) atoms. The monoisotopic (exact) mass is 415 g/mol. The minimum Gasteiger partial charge on any atom is -0.379 e. The van der Waals surface area contributed by atoms with Crippen LogP contribution in [0.15, 0.2) is 42.5 Å². The molecular formula is C20H25N5O3S. The van der Waals surface area contributed by atoms with Gasteiger partial charge in [0.2, 0.25) is 0 Å². The van der Waals surface area contributed by atoms with Crippen LogP contribution in [0.25, 0.3) is 11.3 Å². The molecule has 8 nitrogen and oxygen atoms in total. The highest BCUT2D eigenvalue weighted by molar-refractivity contribution is 7.86. The number of aromatic nitrogens is 2. The van der Waals surface area contributed by atoms with Gasteiger partial charge in [-0.2, -0.15) is 17.0 Å². The molecule has 0 radical (unpaired) electrons. The van der Waals surface area contributed by atoms with Crippen LogP contribution in [0.1, 0.15) is 0 Å². The highest BCUT2D eigenvalue weighted by Crippen LogP contribution is 2.35. The van der Waals surface area contributed by atoms with Gasteiger partial charge < -0.3 is 9.64 Å². The number of hydrogen-bond acceptors (Lipinski definition) is 6. The Labute approximate surface area is 171 Å². The molecule has 1 aromatic carbocycles. The number of fused-ring (bicyclic) bond motifs is 1. The van der Waals surface area contributed by atoms with E-state index in [9.17, 15) is 8.42 Å². The van der Waals surface area contributed by atoms with Crippen molar-refractivity contribution < 1.29 is 13.2 Å². The molecule has 0 aliphatic carbocycles. The van der Waals surface area contributed by atoms with Crippen molar-refractivity contribution in [2.45, 2.75) is 0 Å². The lowest BCUT2D eigenvalue weighted by Gasteiger charge is -2.30. The molecule has 2 atom stereocenters. The molecule has 2 unspecified atom stereocenters. The molecule has 3 fully saturated rings. The summed E-state index contributed by atoms with van der Waals surface area (Å²) in [7, 11) is -3.38. The molecular weight excluding hydrogens is 390 g/mol. The zero-order chi connectivity index (χ0) is 19.8. The van der Waals surface area contributed by atoms with E-state index in [1.807, 2.05) is 42.5 Å². The average molecular weight is 416 g/mol. The smallest absolute Gasteiger partial charge is 0.282 e. The Morgan fingerprint density at radius 3 is 2.14 bits per heavy atom. The summed E-state index contributed by atoms with van der Waals surface area (Å²) in [5.74, 6) is 1.53. The second-order valence-electron chi connectivity index (χ2n) is 7.90. The van der Waals surface area contributed by atoms with Crippen molar-refractivity contribution in [1.29, 1.82) is 0 Å². The summed E-state index contributed by atoms with van der Waals surface area (Å²) in [6, 6.07) is 14.0. The van der Waals surface area contributed by atoms with Gasteiger partial charge in [-0.1, -0.05) is 30.3 Å². The topological polar surface area (TPSA) is 78.9 Å². The third-order valence-corrected chi connectivity index (χ3v) is 8.09. The number of anilines is 1. The predicted molar refractivity (Wildman–Crippen MR) is 110 cm³/mol. The van der Waals surface area contributed by atoms with Crippen LogP contribution >= 0.6 is 0 Å². The van der Waals surface area contributed by atoms with E-state index >= 15 is 0 Å². The van der Waals surface area contributed by atoms with Gasteiger partial charge in [0.15, 0.2) is 5.82 Å². The van der Waals surface area contributed by atoms with Crippen LogP contribution in [0.5, 0.6) is 0 Å². The van der Waals surface area contributed by atoms with Crippen molar-refractivity contribution in [1.82, 2.24) is 18.8 Å². The first-order valence-corrected chi connectivity index (χ1v) is 11.5. The fourth-order valence-corrected chi connectivity index (χ4v) is 6.22. The van der Waals surface area contributed by atoms with Crippen molar-refractivity contribution >= 4 is 16.0 Å². The van der Waals surface area contributed by atoms with E-state index in [0.717, 1.165) is 30.2 Å². The second-order valence-corrected chi connectivity index (χ2v) is 9.83. The molecule has 3 saturated heterocycles. The van der Waals surface area contributed by atoms with Crippen LogP contribution in [-0.4, -0.2) is 79.7 Å². The van der Waals surface area contributed by atoms with E-state index in [-0.39, 0.29) is 0 Å². The van der Waals surface area contributed by atoms with Crippen LogP contribution in [0, 0.1) is 11.8 Å². The van der Waals surface area contributed by atoms with Crippen LogP contribution in [0.4, 0.5) is 5.82 Å². The number of nitrogens with zero attached hydrogens (tertiary/aromatic N) is 5. The summed E-state index contributed by atoms with van der Waals surface area (Å²) in [5.41, 5.74) is 1.91. The Bertz CT molecular complexity index is 934. The van der Waals surface area contributed by atoms with Gasteiger partial charge in [0.05, 0.1) is 18.9 Å². The Morgan fingerprint density at radius 1 is 0.828 bits per heavy atom. The molecule has 4 heterocycles. The molecule has 1 aromatic heterocycles. The fourth-order valence-electron chi connectivity index (χ4n) is 4.52. The lowest BCUT2D eigenvalue weighted by Crippen LogP contribution is -2.48. The molecule has 3 aliphatic heterocycles. The van der Waals surface area contributed by atoms with E-state index in [4.69, 9.17) is 4.74 Å². The van der Waals surface area contributed by atoms with E-state index in [2.05, 4.69) is 15.1 Å². The zero-order valence-electron chi connectivity index (χ0n) is 16.2. The van der Waals surface area contributed by atoms with Gasteiger partial charge in [0, 0.05) is 44.8 Å². The fraction of sp³-hybridized carbons (Fsp3) is 0.500. The molecule has 5 rings (SSSR count). The van der Waals surface area contributed by atoms with Crippen molar-refractivity contribution in [3.8, 4) is 11.3 Å². The first-order valence-electron chi connectivity index (χ1n) is 10.1. The summed E-state index contributed by atoms with van der Waals surface area (Å²) in [5, 5.41) is 8.81. The maximum atomic E-state index is 12.9. The summed E-state index contributed by atoms with van der Waals surface area (Å²) in [4.78, 5) is 2.23. The SMILES string of the molecule is O=S(=O)(N1CCOCC1)N1CC2CN(c3ccc(-c4ccccc4)nn3)CC2C1. The van der Waals surface area contributed by atoms with Crippen molar-refractivity contribution in [3.63, 3.8) is 0 Å². The summed E-state index contributed by atoms with van der Waals surface area (Å²) in [6.45, 7) is 4.65. The van der Waals surface area contributed by atoms with E-state index < -0.39 is 10.2 Å². The maximum Gasteiger partial charge on any atom is 0.282 e. The second kappa shape index (κ2) is 7.64. The number of hydrogen-bond donors (Lipinski definition) is 0. The first kappa shape index (κ1) is 18.9. The van der Waals surface area contributed by atoms with E-state index in [1.165, 1.54) is 0 Å². The number of ether oxygens (including phenoxy) is 1. The minimum atomic E-state index is -3.38. The number of rotatable bonds is 4. The Hall–Kier alpha value is -2.07. The lowest BCUT2D eigenvalue weighted by atomic mass is 10.0. The molecule has 0 spiro atoms. The van der Waals surface area contributed by atoms with E-state index in [0.29, 0.717) is 51.2 Å². The van der Waals surface area contributed by atoms with Gasteiger partial charge in [-0.05, 0) is 24.0 Å². The maximum absolute atomic E-state index is 12.9. The standard InChI is InChI=1S/C20H25N5O3S/c26-29(27,24-8-10-28-11-9-24)25-14-17-12-23(13-18(17)15-25)20-7-6-19(21-22-20)16-4-2-1-3-5-16/h1-7,17-18H,8-15H2. The molecule has 0 saturated carbocycles. The van der Waals surface area contributed by atoms with Gasteiger partial charge in [-0.3, -0.25) is 0 Å². The molecule has 2 aromatic rings. The van der Waals surface area contributed by atoms with Crippen molar-refractivity contribution in [2.75, 3.05) is 57.4 Å². The van der Waals surface area contributed by atoms with Gasteiger partial charge in [-0.15, -0.1) is 10.2 Å². The van der Waals surface area contributed by atoms with Gasteiger partial charge in [-0.25, -0.2) is 0 Å². The third-order valence-electron chi connectivity index (χ3n) is 6.12. The van der Waals surface area contributed by atoms with Crippen LogP contribution in [0.2, 0.25) is 0 Å². The highest BCUT2D eigenvalue weighted by atomic mass is 32.2. The van der Waals surface area contributed by atoms with Crippen LogP contribution in [0.3, 0.4) is 0 Å². The largest absolute Gasteiger partial charge is 0.379 e. The molecule has 154 valence electrons. The quantitative estimate of drug-likeness (QED) is 0.744. The Morgan fingerprint density at radius 2 is 1.52 bits per heavy atom. The first-order chi connectivity index (χ1) is 14.1. The zero-order valence-corrected chi connectivity index (χ0v) is 17.0. The summed E-state index contributed by atoms with van der Waals surface area (Å²) < 4.78 is 34.3. The van der Waals surface area contributed by atoms with Gasteiger partial charge in [0.1, 0.15) is 0 Å². The van der Waals surface area contributed by atoms with Gasteiger partial charge >= 0.3 is 0 Å². The summed E-state index contributed by atoms with van der Waals surface area (Å²) in [6.07, 6.45) is 0. The highest BCUT2D eigenvalue weighted by Gasteiger charge is 2.45. The van der Waals surface area contributed by atoms with Crippen molar-refractivity contribution in [3.05, 3.63) is 42.5 Å². The summed E-state index contributed by atoms with van der Waals surface area (Å²) >= 11 is 0. The van der Waals surface area contributed by atoms with Crippen LogP contribution < -0.4 is 4.90 Å². The minimum absolute atomic E-state index is 0.335. The molecule has 0 N–H and O–H groups in total. The van der Waals surface area contributed by atoms with Crippen molar-refractivity contribution in [2.24, 2.45) is 11.8 Å². The Balaban J connectivity index is 1.23. The number of morpholine rings is 1. The third kappa shape index (κ3) is 3.63. The average Bonchev–Trinajstić information content (AvgIpc) is 3.35. The molecule has 0 amide bonds. The Kier molecular flexibility index (Phi) is 4.99. The normalized spacial score (nSPS) is 26.0. The number of benzene rings is 1. The molecule has 9 heteroatoms. The van der Waals surface area contributed by atoms with E-state index in [1.54, 1.807) is 8.61 Å². The molecule has 3 aliphatic rings. The predicted octanol–water partition coefficient (Wildman–Crippen LogP) is 1.09. The lowest BCUT2D eigenvalue weighted by molar-refractivity contribution is 0.0705. The van der Waals surface area contributed by atoms with Crippen LogP contribution in [-0.2, 0) is 14.9 Å². The van der Waals surface area contributed by atoms with Gasteiger partial charge in [0.25, 0.3) is 10.2 Å².